The molecule has 640 valence electrons. The highest BCUT2D eigenvalue weighted by molar-refractivity contribution is 8.77. The Kier molecular flexibility index (Phi) is 54.2. The monoisotopic (exact) mass is 1660 g/mol. The van der Waals surface area contributed by atoms with Crippen LogP contribution in [0.2, 0.25) is 0 Å². The summed E-state index contributed by atoms with van der Waals surface area (Å²) in [5.41, 5.74) is 0. The first kappa shape index (κ1) is 102. The van der Waals surface area contributed by atoms with E-state index in [1.165, 1.54) is 24.3 Å². The van der Waals surface area contributed by atoms with E-state index in [9.17, 15) is 80.5 Å². The van der Waals surface area contributed by atoms with E-state index in [4.69, 9.17) is 58.3 Å². The van der Waals surface area contributed by atoms with Gasteiger partial charge in [0.25, 0.3) is 0 Å². The molecule has 0 aromatic carbocycles. The molecule has 0 aromatic rings. The van der Waals surface area contributed by atoms with Crippen LogP contribution in [0, 0.1) is 0 Å². The predicted molar refractivity (Wildman–Crippen MR) is 430 cm³/mol. The van der Waals surface area contributed by atoms with E-state index in [-0.39, 0.29) is 45.7 Å². The Morgan fingerprint density at radius 3 is 0.955 bits per heavy atom. The van der Waals surface area contributed by atoms with Crippen molar-refractivity contribution >= 4 is 67.1 Å². The van der Waals surface area contributed by atoms with Gasteiger partial charge in [0.05, 0.1) is 39.6 Å². The highest BCUT2D eigenvalue weighted by atomic mass is 33.1. The maximum Gasteiger partial charge on any atom is 0.306 e. The van der Waals surface area contributed by atoms with Gasteiger partial charge in [0.15, 0.2) is 12.2 Å². The second kappa shape index (κ2) is 59.5. The summed E-state index contributed by atoms with van der Waals surface area (Å²) >= 11 is 0. The van der Waals surface area contributed by atoms with Gasteiger partial charge in [-0.2, -0.15) is 0 Å². The fraction of sp³-hybridized carbons (Fsp3) is 0.700. The number of hydrogen-bond donors (Lipinski definition) is 16. The molecule has 6 fully saturated rings. The summed E-state index contributed by atoms with van der Waals surface area (Å²) < 4.78 is 40.1. The van der Waals surface area contributed by atoms with Gasteiger partial charge in [-0.3, -0.25) is 19.2 Å². The molecule has 0 aromatic heterocycles. The van der Waals surface area contributed by atoms with Crippen LogP contribution in [0.15, 0.2) is 122 Å². The second-order valence-corrected chi connectivity index (χ2v) is 33.0. The molecule has 6 heterocycles. The number of aliphatic hydroxyl groups excluding tert-OH is 12. The number of rotatable bonds is 46. The molecular weight excluding hydrogens is 1540 g/mol. The van der Waals surface area contributed by atoms with Crippen LogP contribution in [0.5, 0.6) is 0 Å². The van der Waals surface area contributed by atoms with Gasteiger partial charge in [-0.05, 0) is 128 Å². The first-order valence-corrected chi connectivity index (χ1v) is 43.7. The largest absolute Gasteiger partial charge is 0.463 e. The zero-order valence-electron chi connectivity index (χ0n) is 64.8. The molecule has 0 amide bonds. The minimum absolute atomic E-state index is 0.165. The van der Waals surface area contributed by atoms with E-state index in [0.717, 1.165) is 109 Å². The van der Waals surface area contributed by atoms with Gasteiger partial charge in [0.1, 0.15) is 74.3 Å². The van der Waals surface area contributed by atoms with Crippen molar-refractivity contribution < 1.29 is 139 Å². The Hall–Kier alpha value is -4.12. The fourth-order valence-electron chi connectivity index (χ4n) is 11.3. The summed E-state index contributed by atoms with van der Waals surface area (Å²) in [4.78, 5) is 47.2. The fourth-order valence-corrected chi connectivity index (χ4v) is 17.4. The average Bonchev–Trinajstić information content (AvgIpc) is 1.25. The van der Waals surface area contributed by atoms with Crippen LogP contribution in [0.4, 0.5) is 0 Å². The van der Waals surface area contributed by atoms with E-state index < -0.39 is 147 Å². The average molecular weight is 1670 g/mol. The Balaban J connectivity index is 0.000000392. The molecule has 0 spiro atoms. The van der Waals surface area contributed by atoms with Crippen molar-refractivity contribution in [3.8, 4) is 0 Å². The summed E-state index contributed by atoms with van der Waals surface area (Å²) in [6.45, 7) is -0.364. The van der Waals surface area contributed by atoms with Crippen molar-refractivity contribution in [2.75, 3.05) is 64.4 Å². The van der Waals surface area contributed by atoms with Gasteiger partial charge >= 0.3 is 23.9 Å². The molecule has 6 aliphatic heterocycles. The summed E-state index contributed by atoms with van der Waals surface area (Å²) in [7, 11) is 7.62. The Morgan fingerprint density at radius 1 is 0.375 bits per heavy atom. The summed E-state index contributed by atoms with van der Waals surface area (Å²) in [6, 6.07) is 0. The molecular formula is C80H128O28S4. The predicted octanol–water partition coefficient (Wildman–Crippen LogP) is 6.60. The van der Waals surface area contributed by atoms with Crippen molar-refractivity contribution in [1.82, 2.24) is 0 Å². The van der Waals surface area contributed by atoms with Crippen LogP contribution in [0.25, 0.3) is 0 Å². The summed E-state index contributed by atoms with van der Waals surface area (Å²) in [6.07, 6.45) is 46.7. The van der Waals surface area contributed by atoms with Gasteiger partial charge < -0.3 is 120 Å². The SMILES string of the molecule is CC/C=C\C/C=C\C/C=C\C/C=C\C/C=C\CCCC(=O)OC1COC(O)(CO)C(O)C1O.CC/C=C\C/C=C\C/C=C\C/C=C\C/C=C\CCCC(=O)OCC1OC(O)(CO)C(O)C1O.O=C(CCCCC1CCSS1)OC1COC(O)(CO)C(O)C1O.O=C(CCCCC1CCSS1)OCC1OC(O)(CO)C(O)C1O. The van der Waals surface area contributed by atoms with Crippen LogP contribution in [0.1, 0.15) is 181 Å². The molecule has 0 radical (unpaired) electrons. The third-order valence-electron chi connectivity index (χ3n) is 18.2. The van der Waals surface area contributed by atoms with Crippen LogP contribution >= 0.6 is 43.2 Å². The number of esters is 4. The normalized spacial score (nSPS) is 30.9. The summed E-state index contributed by atoms with van der Waals surface area (Å²) in [5, 5.41) is 155. The smallest absolute Gasteiger partial charge is 0.306 e. The van der Waals surface area contributed by atoms with Crippen LogP contribution in [-0.2, 0) is 57.1 Å². The topological polar surface area (TPSA) is 466 Å². The number of aliphatic hydroxyl groups is 16. The molecule has 6 rings (SSSR count). The third kappa shape index (κ3) is 40.4. The minimum atomic E-state index is -2.25. The molecule has 6 saturated heterocycles. The number of carbonyl (C=O) groups is 4. The van der Waals surface area contributed by atoms with Crippen LogP contribution in [0.3, 0.4) is 0 Å². The van der Waals surface area contributed by atoms with Gasteiger partial charge in [-0.1, -0.05) is 191 Å². The standard InChI is InChI=1S/2C26H40O7.2C14H24O7S2/c1-2-3-4-5-6-7-8-9-10-11-12-13-14-15-16-17-18-19-23(28)33-22-20-32-26(31,21-27)25(30)24(22)29;1-2-3-4-5-6-7-8-9-10-11-12-13-14-15-16-17-18-19-23(28)32-20-22-24(29)25(30)26(31,21-27)33-22;15-8-14(19)13(18)12(17)10(7-20-14)21-11(16)4-2-1-3-9-5-6-22-23-9;15-8-14(19)13(18)12(17)10(21-14)7-20-11(16)4-2-1-3-9-5-6-22-23-9/h2*3-4,6-7,9-10,12-13,15-16,22,24-25,27,29-31H,2,5,8,11,14,17-21H2,1H3;2*9-10,12-13,15,17-19H,1-8H2/b2*4-3-,7-6-,10-9-,13-12-,16-15-;;. The number of hydrogen-bond acceptors (Lipinski definition) is 32. The lowest BCUT2D eigenvalue weighted by atomic mass is 9.97. The number of unbranched alkanes of at least 4 members (excludes halogenated alkanes) is 4. The van der Waals surface area contributed by atoms with E-state index in [1.807, 2.05) is 61.4 Å². The van der Waals surface area contributed by atoms with Gasteiger partial charge in [-0.15, -0.1) is 0 Å². The third-order valence-corrected chi connectivity index (χ3v) is 24.3. The zero-order chi connectivity index (χ0) is 82.5. The highest BCUT2D eigenvalue weighted by Crippen LogP contribution is 2.41. The van der Waals surface area contributed by atoms with E-state index in [0.29, 0.717) is 36.2 Å². The Bertz CT molecular complexity index is 2880. The first-order valence-electron chi connectivity index (χ1n) is 39.0. The molecule has 0 aliphatic carbocycles. The minimum Gasteiger partial charge on any atom is -0.463 e. The lowest BCUT2D eigenvalue weighted by molar-refractivity contribution is -0.332. The van der Waals surface area contributed by atoms with E-state index in [1.54, 1.807) is 0 Å². The van der Waals surface area contributed by atoms with Crippen LogP contribution in [-0.4, -0.2) is 277 Å². The quantitative estimate of drug-likeness (QED) is 0.0100. The lowest BCUT2D eigenvalue weighted by Gasteiger charge is -2.41. The lowest BCUT2D eigenvalue weighted by Crippen LogP contribution is -2.63. The van der Waals surface area contributed by atoms with Gasteiger partial charge in [-0.25, -0.2) is 0 Å². The highest BCUT2D eigenvalue weighted by Gasteiger charge is 2.55. The molecule has 0 bridgehead atoms. The molecule has 32 heteroatoms. The van der Waals surface area contributed by atoms with Crippen LogP contribution < -0.4 is 0 Å². The Labute approximate surface area is 675 Å². The molecule has 112 heavy (non-hydrogen) atoms. The van der Waals surface area contributed by atoms with Crippen molar-refractivity contribution in [3.05, 3.63) is 122 Å². The molecule has 18 atom stereocenters. The van der Waals surface area contributed by atoms with Gasteiger partial charge in [0.2, 0.25) is 23.1 Å². The van der Waals surface area contributed by atoms with Crippen molar-refractivity contribution in [3.63, 3.8) is 0 Å². The van der Waals surface area contributed by atoms with Crippen molar-refractivity contribution in [2.24, 2.45) is 0 Å². The van der Waals surface area contributed by atoms with E-state index in [2.05, 4.69) is 117 Å². The molecule has 28 nitrogen and oxygen atoms in total. The maximum absolute atomic E-state index is 11.9. The van der Waals surface area contributed by atoms with Crippen molar-refractivity contribution in [1.29, 1.82) is 0 Å². The molecule has 6 aliphatic rings. The van der Waals surface area contributed by atoms with Gasteiger partial charge in [0, 0.05) is 47.7 Å². The molecule has 18 unspecified atom stereocenters. The molecule has 0 saturated carbocycles. The van der Waals surface area contributed by atoms with E-state index >= 15 is 0 Å². The molecule has 16 N–H and O–H groups in total. The maximum atomic E-state index is 11.9. The first-order chi connectivity index (χ1) is 53.8. The van der Waals surface area contributed by atoms with Crippen molar-refractivity contribution in [2.45, 2.75) is 288 Å². The Morgan fingerprint density at radius 2 is 0.661 bits per heavy atom. The number of allylic oxidation sites excluding steroid dienone is 20. The summed E-state index contributed by atoms with van der Waals surface area (Å²) in [5.74, 6) is -8.37. The zero-order valence-corrected chi connectivity index (χ0v) is 68.0. The second-order valence-electron chi connectivity index (χ2n) is 27.5. The number of carbonyl (C=O) groups excluding carboxylic acids is 4. The number of ether oxygens (including phenoxy) is 8.